The molecule has 1 aliphatic rings. The Morgan fingerprint density at radius 3 is 1.69 bits per heavy atom. The molecule has 1 aromatic heterocycles. The van der Waals surface area contributed by atoms with Crippen molar-refractivity contribution in [1.82, 2.24) is 0 Å². The van der Waals surface area contributed by atoms with Crippen LogP contribution < -0.4 is 29.1 Å². The number of hydrogen-bond acceptors (Lipinski definition) is 20. The molecule has 4 aromatic rings. The van der Waals surface area contributed by atoms with E-state index in [1.165, 1.54) is 74.5 Å². The van der Waals surface area contributed by atoms with Crippen molar-refractivity contribution in [2.45, 2.75) is 79.2 Å². The Balaban J connectivity index is 1.69. The summed E-state index contributed by atoms with van der Waals surface area (Å²) in [7, 11) is 0. The van der Waals surface area contributed by atoms with Gasteiger partial charge in [-0.25, -0.2) is 4.79 Å². The van der Waals surface area contributed by atoms with Crippen molar-refractivity contribution in [2.75, 3.05) is 6.61 Å². The SMILES string of the molecule is CC(=O)OC[C@H]1O[C@@H](Oc2c(-c3ccc(OC(C)=O)cc3)oc3cc(OC(C)=O)cc(OC(C)=O)c3c2=O)[C@H](OC(C)=O)[C@@H](OC(=O)/C=C/c2ccc(OC(C)=O)cc2)[C@H]1OC(C)=O. The van der Waals surface area contributed by atoms with Crippen LogP contribution in [0.15, 0.2) is 76.0 Å². The van der Waals surface area contributed by atoms with E-state index in [1.807, 2.05) is 0 Å². The second-order valence-electron chi connectivity index (χ2n) is 13.7. The summed E-state index contributed by atoms with van der Waals surface area (Å²) < 4.78 is 61.5. The van der Waals surface area contributed by atoms with Crippen LogP contribution in [0, 0.1) is 0 Å². The van der Waals surface area contributed by atoms with E-state index >= 15 is 0 Å². The summed E-state index contributed by atoms with van der Waals surface area (Å²) in [5, 5.41) is -0.413. The predicted molar refractivity (Wildman–Crippen MR) is 216 cm³/mol. The molecule has 0 bridgehead atoms. The third-order valence-corrected chi connectivity index (χ3v) is 8.47. The number of benzene rings is 3. The van der Waals surface area contributed by atoms with Crippen molar-refractivity contribution in [3.05, 3.63) is 82.5 Å². The molecule has 0 N–H and O–H groups in total. The van der Waals surface area contributed by atoms with Crippen LogP contribution in [-0.2, 0) is 62.0 Å². The monoisotopic (exact) mass is 888 g/mol. The van der Waals surface area contributed by atoms with Crippen LogP contribution in [-0.4, -0.2) is 85.1 Å². The number of ether oxygens (including phenoxy) is 10. The van der Waals surface area contributed by atoms with Crippen molar-refractivity contribution in [3.63, 3.8) is 0 Å². The van der Waals surface area contributed by atoms with Gasteiger partial charge >= 0.3 is 47.8 Å². The molecule has 5 rings (SSSR count). The van der Waals surface area contributed by atoms with Crippen molar-refractivity contribution < 1.29 is 90.1 Å². The largest absolute Gasteiger partial charge is 0.463 e. The van der Waals surface area contributed by atoms with Gasteiger partial charge in [-0.1, -0.05) is 12.1 Å². The number of esters is 8. The molecule has 20 nitrogen and oxygen atoms in total. The highest BCUT2D eigenvalue weighted by molar-refractivity contribution is 5.91. The van der Waals surface area contributed by atoms with E-state index in [9.17, 15) is 43.2 Å². The fraction of sp³-hybridized carbons (Fsp3) is 0.295. The molecule has 0 saturated carbocycles. The molecule has 64 heavy (non-hydrogen) atoms. The summed E-state index contributed by atoms with van der Waals surface area (Å²) in [6.07, 6.45) is -6.54. The van der Waals surface area contributed by atoms with E-state index < -0.39 is 107 Å². The minimum Gasteiger partial charge on any atom is -0.463 e. The van der Waals surface area contributed by atoms with Gasteiger partial charge in [0.05, 0.1) is 0 Å². The maximum atomic E-state index is 14.8. The van der Waals surface area contributed by atoms with Crippen LogP contribution in [0.4, 0.5) is 0 Å². The molecule has 0 unspecified atom stereocenters. The Hall–Kier alpha value is -7.87. The molecule has 1 aliphatic heterocycles. The summed E-state index contributed by atoms with van der Waals surface area (Å²) in [5.74, 6) is -7.95. The summed E-state index contributed by atoms with van der Waals surface area (Å²) in [4.78, 5) is 113. The van der Waals surface area contributed by atoms with Crippen molar-refractivity contribution in [1.29, 1.82) is 0 Å². The summed E-state index contributed by atoms with van der Waals surface area (Å²) in [6, 6.07) is 13.7. The van der Waals surface area contributed by atoms with Gasteiger partial charge in [0.1, 0.15) is 46.7 Å². The van der Waals surface area contributed by atoms with Crippen molar-refractivity contribution in [2.24, 2.45) is 0 Å². The van der Waals surface area contributed by atoms with Crippen molar-refractivity contribution in [3.8, 4) is 40.1 Å². The summed E-state index contributed by atoms with van der Waals surface area (Å²) in [5.41, 5.74) is -0.771. The third-order valence-electron chi connectivity index (χ3n) is 8.47. The van der Waals surface area contributed by atoms with Gasteiger partial charge in [-0.15, -0.1) is 0 Å². The van der Waals surface area contributed by atoms with Crippen LogP contribution in [0.5, 0.6) is 28.7 Å². The van der Waals surface area contributed by atoms with E-state index in [0.29, 0.717) is 5.56 Å². The lowest BCUT2D eigenvalue weighted by molar-refractivity contribution is -0.288. The van der Waals surface area contributed by atoms with Gasteiger partial charge in [0.15, 0.2) is 18.0 Å². The van der Waals surface area contributed by atoms with Crippen LogP contribution in [0.25, 0.3) is 28.4 Å². The molecular weight excluding hydrogens is 848 g/mol. The Labute approximate surface area is 362 Å². The quantitative estimate of drug-likeness (QED) is 0.0739. The lowest BCUT2D eigenvalue weighted by atomic mass is 9.98. The second-order valence-corrected chi connectivity index (χ2v) is 13.7. The fourth-order valence-corrected chi connectivity index (χ4v) is 6.20. The van der Waals surface area contributed by atoms with E-state index in [1.54, 1.807) is 0 Å². The number of fused-ring (bicyclic) bond motifs is 1. The summed E-state index contributed by atoms with van der Waals surface area (Å²) >= 11 is 0. The first-order valence-corrected chi connectivity index (χ1v) is 19.1. The van der Waals surface area contributed by atoms with Crippen LogP contribution in [0.1, 0.15) is 54.0 Å². The minimum absolute atomic E-state index is 0.0972. The van der Waals surface area contributed by atoms with Gasteiger partial charge in [-0.2, -0.15) is 0 Å². The van der Waals surface area contributed by atoms with E-state index in [2.05, 4.69) is 0 Å². The maximum absolute atomic E-state index is 14.8. The lowest BCUT2D eigenvalue weighted by Crippen LogP contribution is -2.63. The van der Waals surface area contributed by atoms with Crippen molar-refractivity contribution >= 4 is 64.8 Å². The Morgan fingerprint density at radius 1 is 0.594 bits per heavy atom. The van der Waals surface area contributed by atoms with E-state index in [4.69, 9.17) is 51.8 Å². The predicted octanol–water partition coefficient (Wildman–Crippen LogP) is 4.32. The zero-order chi connectivity index (χ0) is 46.8. The maximum Gasteiger partial charge on any atom is 0.331 e. The molecule has 2 heterocycles. The van der Waals surface area contributed by atoms with E-state index in [-0.39, 0.29) is 34.2 Å². The first-order chi connectivity index (χ1) is 30.3. The average Bonchev–Trinajstić information content (AvgIpc) is 3.19. The molecule has 20 heteroatoms. The Morgan fingerprint density at radius 2 is 1.14 bits per heavy atom. The second kappa shape index (κ2) is 20.8. The number of rotatable bonds is 14. The van der Waals surface area contributed by atoms with E-state index in [0.717, 1.165) is 46.8 Å². The number of carbonyl (C=O) groups is 8. The molecule has 0 amide bonds. The topological polar surface area (TPSA) is 259 Å². The Bertz CT molecular complexity index is 2550. The normalized spacial score (nSPS) is 18.0. The lowest BCUT2D eigenvalue weighted by Gasteiger charge is -2.43. The molecule has 0 aliphatic carbocycles. The highest BCUT2D eigenvalue weighted by Gasteiger charge is 2.54. The molecule has 0 spiro atoms. The molecule has 1 fully saturated rings. The minimum atomic E-state index is -1.98. The summed E-state index contributed by atoms with van der Waals surface area (Å²) in [6.45, 7) is 7.00. The smallest absolute Gasteiger partial charge is 0.331 e. The third kappa shape index (κ3) is 12.6. The standard InChI is InChI=1S/C44H40O20/c1-21(45)54-20-35-40(59-26(6)50)42(63-36(52)17-10-28-8-13-30(14-9-28)55-22(2)46)43(60-27(7)51)44(62-35)64-41-38(53)37-33(58-25(5)49)18-32(57-24(4)48)19-34(37)61-39(41)29-11-15-31(16-12-29)56-23(3)47/h8-19,35,40,42-44H,20H2,1-7H3/b17-10+/t35-,40+,42+,43-,44+/m1/s1. The molecule has 5 atom stereocenters. The number of hydrogen-bond donors (Lipinski definition) is 0. The van der Waals surface area contributed by atoms with Gasteiger partial charge in [-0.05, 0) is 48.0 Å². The van der Waals surface area contributed by atoms with Crippen LogP contribution in [0.3, 0.4) is 0 Å². The van der Waals surface area contributed by atoms with Gasteiger partial charge in [0, 0.05) is 72.2 Å². The zero-order valence-corrected chi connectivity index (χ0v) is 35.2. The van der Waals surface area contributed by atoms with Gasteiger partial charge in [0.25, 0.3) is 0 Å². The molecule has 1 saturated heterocycles. The molecule has 0 radical (unpaired) electrons. The van der Waals surface area contributed by atoms with Crippen LogP contribution in [0.2, 0.25) is 0 Å². The number of carbonyl (C=O) groups excluding carboxylic acids is 8. The average molecular weight is 889 g/mol. The molecule has 3 aromatic carbocycles. The Kier molecular flexibility index (Phi) is 15.3. The van der Waals surface area contributed by atoms with Gasteiger partial charge < -0.3 is 51.8 Å². The first-order valence-electron chi connectivity index (χ1n) is 19.1. The first kappa shape index (κ1) is 47.2. The molecule has 336 valence electrons. The zero-order valence-electron chi connectivity index (χ0n) is 35.2. The highest BCUT2D eigenvalue weighted by Crippen LogP contribution is 2.39. The van der Waals surface area contributed by atoms with Crippen LogP contribution >= 0.6 is 0 Å². The highest BCUT2D eigenvalue weighted by atomic mass is 16.7. The molecular formula is C44H40O20. The van der Waals surface area contributed by atoms with Gasteiger partial charge in [0.2, 0.25) is 23.6 Å². The van der Waals surface area contributed by atoms with Gasteiger partial charge in [-0.3, -0.25) is 38.4 Å². The fourth-order valence-electron chi connectivity index (χ4n) is 6.20.